The highest BCUT2D eigenvalue weighted by Gasteiger charge is 2.34. The Morgan fingerprint density at radius 1 is 1.05 bits per heavy atom. The molecule has 1 aliphatic heterocycles. The summed E-state index contributed by atoms with van der Waals surface area (Å²) >= 11 is 1.25. The SMILES string of the molecule is COc1ccc(OCC(=O)N[C@@H](CC(C)C)C(=O)N[C@@H](C[C@@H]2CCNC2=O)C(=O)c2nc3ccccc3s2)cc1. The van der Waals surface area contributed by atoms with Crippen LogP contribution in [0.25, 0.3) is 10.2 Å². The van der Waals surface area contributed by atoms with Crippen molar-refractivity contribution in [3.8, 4) is 11.5 Å². The lowest BCUT2D eigenvalue weighted by atomic mass is 9.95. The molecule has 4 rings (SSSR count). The zero-order chi connectivity index (χ0) is 28.6. The van der Waals surface area contributed by atoms with Crippen molar-refractivity contribution in [2.75, 3.05) is 20.3 Å². The van der Waals surface area contributed by atoms with Crippen LogP contribution in [0, 0.1) is 11.8 Å². The van der Waals surface area contributed by atoms with Gasteiger partial charge in [-0.3, -0.25) is 19.2 Å². The van der Waals surface area contributed by atoms with E-state index >= 15 is 0 Å². The molecule has 0 unspecified atom stereocenters. The minimum Gasteiger partial charge on any atom is -0.497 e. The van der Waals surface area contributed by atoms with E-state index in [4.69, 9.17) is 9.47 Å². The van der Waals surface area contributed by atoms with Crippen molar-refractivity contribution in [1.29, 1.82) is 0 Å². The first kappa shape index (κ1) is 29.0. The summed E-state index contributed by atoms with van der Waals surface area (Å²) in [5, 5.41) is 8.63. The van der Waals surface area contributed by atoms with Gasteiger partial charge in [0, 0.05) is 12.5 Å². The number of amides is 3. The molecule has 1 saturated heterocycles. The molecule has 2 heterocycles. The molecule has 0 radical (unpaired) electrons. The van der Waals surface area contributed by atoms with Crippen LogP contribution in [-0.4, -0.2) is 60.8 Å². The van der Waals surface area contributed by atoms with E-state index < -0.39 is 29.8 Å². The Labute approximate surface area is 236 Å². The standard InChI is InChI=1S/C29H34N4O6S/c1-17(2)14-23(31-25(34)16-39-20-10-8-19(38-3)9-11-20)28(37)32-22(15-18-12-13-30-27(18)36)26(35)29-33-21-6-4-5-7-24(21)40-29/h4-11,17-18,22-23H,12-16H2,1-3H3,(H,30,36)(H,31,34)(H,32,37)/t18-,22-,23-/m0/s1. The molecule has 3 atom stereocenters. The van der Waals surface area contributed by atoms with Crippen molar-refractivity contribution >= 4 is 45.1 Å². The van der Waals surface area contributed by atoms with Gasteiger partial charge in [0.15, 0.2) is 11.6 Å². The number of benzene rings is 2. The quantitative estimate of drug-likeness (QED) is 0.271. The molecule has 3 N–H and O–H groups in total. The Hall–Kier alpha value is -3.99. The predicted molar refractivity (Wildman–Crippen MR) is 151 cm³/mol. The number of carbonyl (C=O) groups excluding carboxylic acids is 4. The smallest absolute Gasteiger partial charge is 0.258 e. The summed E-state index contributed by atoms with van der Waals surface area (Å²) < 4.78 is 11.5. The van der Waals surface area contributed by atoms with Crippen LogP contribution < -0.4 is 25.4 Å². The molecule has 1 aliphatic rings. The fraction of sp³-hybridized carbons (Fsp3) is 0.414. The first-order chi connectivity index (χ1) is 19.2. The molecule has 0 bridgehead atoms. The zero-order valence-electron chi connectivity index (χ0n) is 22.8. The first-order valence-corrected chi connectivity index (χ1v) is 14.1. The predicted octanol–water partition coefficient (Wildman–Crippen LogP) is 3.11. The van der Waals surface area contributed by atoms with Crippen molar-refractivity contribution < 1.29 is 28.7 Å². The fourth-order valence-corrected chi connectivity index (χ4v) is 5.50. The molecule has 3 aromatic rings. The Kier molecular flexibility index (Phi) is 9.70. The molecular weight excluding hydrogens is 532 g/mol. The summed E-state index contributed by atoms with van der Waals surface area (Å²) in [5.41, 5.74) is 0.696. The van der Waals surface area contributed by atoms with Crippen LogP contribution in [0.15, 0.2) is 48.5 Å². The minimum atomic E-state index is -0.968. The van der Waals surface area contributed by atoms with Gasteiger partial charge in [0.05, 0.1) is 23.4 Å². The normalized spacial score (nSPS) is 16.3. The monoisotopic (exact) mass is 566 g/mol. The third kappa shape index (κ3) is 7.56. The van der Waals surface area contributed by atoms with E-state index in [0.29, 0.717) is 36.4 Å². The number of thiazole rings is 1. The van der Waals surface area contributed by atoms with Gasteiger partial charge in [0.2, 0.25) is 17.6 Å². The van der Waals surface area contributed by atoms with Gasteiger partial charge in [-0.15, -0.1) is 11.3 Å². The summed E-state index contributed by atoms with van der Waals surface area (Å²) in [7, 11) is 1.56. The summed E-state index contributed by atoms with van der Waals surface area (Å²) in [4.78, 5) is 56.6. The number of aromatic nitrogens is 1. The number of nitrogens with one attached hydrogen (secondary N) is 3. The first-order valence-electron chi connectivity index (χ1n) is 13.3. The number of methoxy groups -OCH3 is 1. The number of Topliss-reactive ketones (excluding diaryl/α,β-unsaturated/α-hetero) is 1. The number of rotatable bonds is 13. The summed E-state index contributed by atoms with van der Waals surface area (Å²) in [6.07, 6.45) is 1.08. The van der Waals surface area contributed by atoms with E-state index in [2.05, 4.69) is 20.9 Å². The minimum absolute atomic E-state index is 0.0811. The molecule has 10 nitrogen and oxygen atoms in total. The number of ether oxygens (including phenoxy) is 2. The Morgan fingerprint density at radius 2 is 1.77 bits per heavy atom. The maximum absolute atomic E-state index is 13.6. The van der Waals surface area contributed by atoms with Gasteiger partial charge in [-0.05, 0) is 61.6 Å². The maximum Gasteiger partial charge on any atom is 0.258 e. The lowest BCUT2D eigenvalue weighted by Crippen LogP contribution is -2.53. The molecule has 2 aromatic carbocycles. The maximum atomic E-state index is 13.6. The van der Waals surface area contributed by atoms with Crippen molar-refractivity contribution in [3.05, 3.63) is 53.5 Å². The van der Waals surface area contributed by atoms with E-state index in [-0.39, 0.29) is 35.6 Å². The molecule has 0 spiro atoms. The second-order valence-corrected chi connectivity index (χ2v) is 11.2. The molecule has 40 heavy (non-hydrogen) atoms. The van der Waals surface area contributed by atoms with Crippen molar-refractivity contribution in [2.45, 2.75) is 45.2 Å². The van der Waals surface area contributed by atoms with Crippen LogP contribution in [0.3, 0.4) is 0 Å². The van der Waals surface area contributed by atoms with Gasteiger partial charge < -0.3 is 25.4 Å². The lowest BCUT2D eigenvalue weighted by Gasteiger charge is -2.24. The second-order valence-electron chi connectivity index (χ2n) is 10.1. The van der Waals surface area contributed by atoms with Gasteiger partial charge in [0.1, 0.15) is 17.5 Å². The third-order valence-electron chi connectivity index (χ3n) is 6.61. The molecular formula is C29H34N4O6S. The highest BCUT2D eigenvalue weighted by atomic mass is 32.1. The summed E-state index contributed by atoms with van der Waals surface area (Å²) in [6.45, 7) is 4.12. The van der Waals surface area contributed by atoms with Crippen LogP contribution in [0.1, 0.15) is 42.9 Å². The van der Waals surface area contributed by atoms with Crippen molar-refractivity contribution in [2.24, 2.45) is 11.8 Å². The van der Waals surface area contributed by atoms with E-state index in [0.717, 1.165) is 4.70 Å². The highest BCUT2D eigenvalue weighted by Crippen LogP contribution is 2.25. The number of nitrogens with zero attached hydrogens (tertiary/aromatic N) is 1. The molecule has 0 saturated carbocycles. The summed E-state index contributed by atoms with van der Waals surface area (Å²) in [5.74, 6) is -0.638. The second kappa shape index (κ2) is 13.4. The van der Waals surface area contributed by atoms with Crippen LogP contribution in [-0.2, 0) is 14.4 Å². The highest BCUT2D eigenvalue weighted by molar-refractivity contribution is 7.20. The van der Waals surface area contributed by atoms with E-state index in [1.165, 1.54) is 11.3 Å². The molecule has 1 fully saturated rings. The van der Waals surface area contributed by atoms with Crippen LogP contribution in [0.5, 0.6) is 11.5 Å². The fourth-order valence-electron chi connectivity index (χ4n) is 4.54. The largest absolute Gasteiger partial charge is 0.497 e. The number of ketones is 1. The number of fused-ring (bicyclic) bond motifs is 1. The van der Waals surface area contributed by atoms with Gasteiger partial charge in [-0.1, -0.05) is 26.0 Å². The Balaban J connectivity index is 1.46. The van der Waals surface area contributed by atoms with Crippen molar-refractivity contribution in [1.82, 2.24) is 20.9 Å². The van der Waals surface area contributed by atoms with Crippen LogP contribution in [0.2, 0.25) is 0 Å². The molecule has 11 heteroatoms. The zero-order valence-corrected chi connectivity index (χ0v) is 23.6. The average molecular weight is 567 g/mol. The number of hydrogen-bond acceptors (Lipinski definition) is 8. The molecule has 212 valence electrons. The van der Waals surface area contributed by atoms with E-state index in [1.54, 1.807) is 31.4 Å². The van der Waals surface area contributed by atoms with E-state index in [9.17, 15) is 19.2 Å². The lowest BCUT2D eigenvalue weighted by molar-refractivity contribution is -0.130. The molecule has 0 aliphatic carbocycles. The van der Waals surface area contributed by atoms with E-state index in [1.807, 2.05) is 38.1 Å². The van der Waals surface area contributed by atoms with Crippen LogP contribution in [0.4, 0.5) is 0 Å². The van der Waals surface area contributed by atoms with Gasteiger partial charge in [-0.2, -0.15) is 0 Å². The Morgan fingerprint density at radius 3 is 2.42 bits per heavy atom. The summed E-state index contributed by atoms with van der Waals surface area (Å²) in [6, 6.07) is 12.4. The van der Waals surface area contributed by atoms with Crippen molar-refractivity contribution in [3.63, 3.8) is 0 Å². The van der Waals surface area contributed by atoms with Gasteiger partial charge >= 0.3 is 0 Å². The number of carbonyl (C=O) groups is 4. The van der Waals surface area contributed by atoms with Gasteiger partial charge in [0.25, 0.3) is 5.91 Å². The average Bonchev–Trinajstić information content (AvgIpc) is 3.56. The Bertz CT molecular complexity index is 1320. The number of para-hydroxylation sites is 1. The number of hydrogen-bond donors (Lipinski definition) is 3. The van der Waals surface area contributed by atoms with Gasteiger partial charge in [-0.25, -0.2) is 4.98 Å². The third-order valence-corrected chi connectivity index (χ3v) is 7.66. The van der Waals surface area contributed by atoms with Crippen LogP contribution >= 0.6 is 11.3 Å². The topological polar surface area (TPSA) is 136 Å². The molecule has 3 amide bonds. The molecule has 1 aromatic heterocycles.